The zero-order valence-electron chi connectivity index (χ0n) is 60.6. The largest absolute Gasteiger partial charge is 0.457 e. The second kappa shape index (κ2) is 21.1. The fourth-order valence-electron chi connectivity index (χ4n) is 12.1. The van der Waals surface area contributed by atoms with Gasteiger partial charge in [-0.3, -0.25) is 0 Å². The third kappa shape index (κ3) is 11.4. The van der Waals surface area contributed by atoms with Crippen LogP contribution < -0.4 is 19.9 Å². The summed E-state index contributed by atoms with van der Waals surface area (Å²) in [6.07, 6.45) is 4.08. The lowest BCUT2D eigenvalue weighted by molar-refractivity contribution is 0.332. The Bertz CT molecular complexity index is 4370. The van der Waals surface area contributed by atoms with Crippen LogP contribution in [-0.4, -0.2) is 11.7 Å². The van der Waals surface area contributed by atoms with E-state index in [0.29, 0.717) is 39.7 Å². The molecule has 5 heteroatoms. The van der Waals surface area contributed by atoms with Gasteiger partial charge in [0.25, 0.3) is 0 Å². The molecule has 1 N–H and O–H groups in total. The van der Waals surface area contributed by atoms with Gasteiger partial charge in [-0.05, 0) is 149 Å². The number of ether oxygens (including phenoxy) is 1. The van der Waals surface area contributed by atoms with E-state index in [1.54, 1.807) is 0 Å². The first-order chi connectivity index (χ1) is 42.9. The molecule has 0 spiro atoms. The summed E-state index contributed by atoms with van der Waals surface area (Å²) in [5.41, 5.74) is 15.0. The van der Waals surface area contributed by atoms with Gasteiger partial charge in [-0.1, -0.05) is 238 Å². The molecule has 0 saturated carbocycles. The minimum absolute atomic E-state index is 0.0211. The Morgan fingerprint density at radius 1 is 0.482 bits per heavy atom. The number of pyridine rings is 1. The molecular formula is C78H86N4O. The Kier molecular flexibility index (Phi) is 11.8. The van der Waals surface area contributed by atoms with Crippen LogP contribution in [0.3, 0.4) is 0 Å². The smallest absolute Gasteiger partial charge is 0.130 e. The molecule has 0 unspecified atom stereocenters. The van der Waals surface area contributed by atoms with Gasteiger partial charge in [0.2, 0.25) is 0 Å². The summed E-state index contributed by atoms with van der Waals surface area (Å²) in [6.45, 7) is 35.9. The molecule has 0 radical (unpaired) electrons. The number of aromatic nitrogens is 1. The fraction of sp³-hybridized carbons (Fsp3) is 0.321. The highest BCUT2D eigenvalue weighted by atomic mass is 16.5. The van der Waals surface area contributed by atoms with Crippen LogP contribution in [0.25, 0.3) is 44.5 Å². The van der Waals surface area contributed by atoms with Crippen molar-refractivity contribution in [2.24, 2.45) is 0 Å². The fourth-order valence-corrected chi connectivity index (χ4v) is 12.1. The van der Waals surface area contributed by atoms with Crippen LogP contribution in [0.2, 0.25) is 0 Å². The highest BCUT2D eigenvalue weighted by Gasteiger charge is 2.40. The van der Waals surface area contributed by atoms with E-state index in [2.05, 4.69) is 187 Å². The van der Waals surface area contributed by atoms with E-state index >= 15 is 0 Å². The van der Waals surface area contributed by atoms with Crippen LogP contribution in [0.4, 0.5) is 34.3 Å². The van der Waals surface area contributed by atoms with E-state index in [9.17, 15) is 5.48 Å². The molecule has 0 amide bonds. The number of hydrogen-bond acceptors (Lipinski definition) is 5. The van der Waals surface area contributed by atoms with E-state index in [1.807, 2.05) is 72.9 Å². The Hall–Kier alpha value is -7.89. The number of nitrogens with one attached hydrogen (secondary N) is 1. The average Bonchev–Trinajstić information content (AvgIpc) is 1.18. The number of rotatable bonds is 10. The molecule has 83 heavy (non-hydrogen) atoms. The molecule has 1 aromatic heterocycles. The van der Waals surface area contributed by atoms with E-state index in [-0.39, 0.29) is 86.7 Å². The van der Waals surface area contributed by atoms with Crippen molar-refractivity contribution in [2.75, 3.05) is 21.8 Å². The molecule has 1 aliphatic carbocycles. The van der Waals surface area contributed by atoms with Crippen molar-refractivity contribution < 1.29 is 17.1 Å². The van der Waals surface area contributed by atoms with Gasteiger partial charge in [0.15, 0.2) is 0 Å². The van der Waals surface area contributed by atoms with Crippen molar-refractivity contribution in [3.8, 4) is 56.0 Å². The van der Waals surface area contributed by atoms with Gasteiger partial charge in [-0.15, -0.1) is 0 Å². The summed E-state index contributed by atoms with van der Waals surface area (Å²) < 4.78 is 88.2. The first-order valence-corrected chi connectivity index (χ1v) is 29.3. The number of para-hydroxylation sites is 4. The Morgan fingerprint density at radius 3 is 1.71 bits per heavy atom. The van der Waals surface area contributed by atoms with Crippen LogP contribution >= 0.6 is 0 Å². The molecule has 1 aliphatic heterocycles. The Morgan fingerprint density at radius 2 is 1.06 bits per heavy atom. The minimum Gasteiger partial charge on any atom is -0.457 e. The molecule has 5 nitrogen and oxygen atoms in total. The van der Waals surface area contributed by atoms with Crippen molar-refractivity contribution in [3.05, 3.63) is 221 Å². The topological polar surface area (TPSA) is 40.6 Å². The summed E-state index contributed by atoms with van der Waals surface area (Å²) in [4.78, 5) is 9.45. The predicted molar refractivity (Wildman–Crippen MR) is 354 cm³/mol. The van der Waals surface area contributed by atoms with Crippen molar-refractivity contribution >= 4 is 34.3 Å². The Balaban J connectivity index is 0.980. The van der Waals surface area contributed by atoms with E-state index in [4.69, 9.17) is 16.6 Å². The lowest BCUT2D eigenvalue weighted by atomic mass is 9.61. The number of benzene rings is 8. The second-order valence-corrected chi connectivity index (χ2v) is 28.3. The molecular weight excluding hydrogens is 1010 g/mol. The third-order valence-corrected chi connectivity index (χ3v) is 17.0. The summed E-state index contributed by atoms with van der Waals surface area (Å²) in [5, 5.41) is 3.41. The number of hydrogen-bond donors (Lipinski definition) is 1. The Labute approximate surface area is 509 Å². The molecule has 0 bridgehead atoms. The minimum atomic E-state index is -0.451. The lowest BCUT2D eigenvalue weighted by Gasteiger charge is -2.43. The monoisotopic (exact) mass is 1100 g/mol. The first-order valence-electron chi connectivity index (χ1n) is 33.8. The third-order valence-electron chi connectivity index (χ3n) is 17.0. The van der Waals surface area contributed by atoms with Gasteiger partial charge in [-0.2, -0.15) is 0 Å². The van der Waals surface area contributed by atoms with Gasteiger partial charge < -0.3 is 19.9 Å². The standard InChI is InChI=1S/C78H86N4O/c1-73(2,3)54-42-53(43-55(44-54)74(4,5)6)62-30-24-29-61(51-26-18-17-19-27-51)72(62)82-50-81(68-34-22-23-35-69(68)82)57-45-56(75(7,8)9)46-59(47-57)83-58-38-36-52(37-39-58)60-28-20-21-33-67(60)80-70-48-66(76(10,11)12)64(49-79-70)63-31-25-32-65-71(63)78(15,16)41-40-77(65,13)14/h17-39,42-49H,40-41,50H2,1-16H3,(H,79,80)/i17D,18D,19D,20D,21D,26D,27D,28D,33D. The van der Waals surface area contributed by atoms with Gasteiger partial charge in [0, 0.05) is 45.9 Å². The van der Waals surface area contributed by atoms with E-state index in [0.717, 1.165) is 68.8 Å². The van der Waals surface area contributed by atoms with Gasteiger partial charge in [-0.25, -0.2) is 4.98 Å². The number of anilines is 6. The molecule has 8 aromatic carbocycles. The SMILES string of the molecule is [2H]c1c([2H])c([2H])c(-c2cccc(-c3cc(C(C)(C)C)cc(C(C)(C)C)c3)c2N2CN(c3cc(Oc4ccc(-c5c([2H])c([2H])c([2H])c([2H])c5Nc5cc(C(C)(C)C)c(-c6cccc7c6C(C)(C)CCC7(C)C)cn5)cc4)cc(C(C)(C)C)c3)c3ccccc32)c([2H])c1[2H]. The second-order valence-electron chi connectivity index (χ2n) is 28.3. The quantitative estimate of drug-likeness (QED) is 0.148. The average molecular weight is 1100 g/mol. The van der Waals surface area contributed by atoms with Gasteiger partial charge in [0.05, 0.1) is 29.4 Å². The highest BCUT2D eigenvalue weighted by molar-refractivity contribution is 5.99. The molecule has 0 saturated heterocycles. The summed E-state index contributed by atoms with van der Waals surface area (Å²) in [6, 6.07) is 40.1. The zero-order valence-corrected chi connectivity index (χ0v) is 51.6. The van der Waals surface area contributed by atoms with Crippen LogP contribution in [0.1, 0.15) is 169 Å². The highest BCUT2D eigenvalue weighted by Crippen LogP contribution is 2.53. The number of fused-ring (bicyclic) bond motifs is 2. The maximum absolute atomic E-state index is 9.35. The maximum atomic E-state index is 9.35. The van der Waals surface area contributed by atoms with Crippen LogP contribution in [0, 0.1) is 0 Å². The van der Waals surface area contributed by atoms with Crippen LogP contribution in [-0.2, 0) is 32.5 Å². The summed E-state index contributed by atoms with van der Waals surface area (Å²) in [5.74, 6) is 1.55. The first kappa shape index (κ1) is 46.6. The zero-order chi connectivity index (χ0) is 66.9. The lowest BCUT2D eigenvalue weighted by Crippen LogP contribution is -2.34. The van der Waals surface area contributed by atoms with Gasteiger partial charge >= 0.3 is 0 Å². The summed E-state index contributed by atoms with van der Waals surface area (Å²) >= 11 is 0. The molecule has 9 aromatic rings. The van der Waals surface area contributed by atoms with Crippen LogP contribution in [0.5, 0.6) is 11.5 Å². The van der Waals surface area contributed by atoms with Crippen molar-refractivity contribution in [2.45, 2.75) is 156 Å². The maximum Gasteiger partial charge on any atom is 0.130 e. The van der Waals surface area contributed by atoms with E-state index < -0.39 is 18.1 Å². The van der Waals surface area contributed by atoms with Crippen molar-refractivity contribution in [3.63, 3.8) is 0 Å². The molecule has 2 heterocycles. The van der Waals surface area contributed by atoms with Gasteiger partial charge in [0.1, 0.15) is 24.0 Å². The van der Waals surface area contributed by atoms with Crippen molar-refractivity contribution in [1.29, 1.82) is 0 Å². The summed E-state index contributed by atoms with van der Waals surface area (Å²) in [7, 11) is 0. The number of nitrogens with zero attached hydrogens (tertiary/aromatic N) is 3. The predicted octanol–water partition coefficient (Wildman–Crippen LogP) is 22.1. The molecule has 0 atom stereocenters. The normalized spacial score (nSPS) is 16.5. The van der Waals surface area contributed by atoms with E-state index in [1.165, 1.54) is 16.7 Å². The molecule has 424 valence electrons. The van der Waals surface area contributed by atoms with Crippen LogP contribution in [0.15, 0.2) is 188 Å². The molecule has 0 fully saturated rings. The van der Waals surface area contributed by atoms with Crippen molar-refractivity contribution in [1.82, 2.24) is 4.98 Å². The molecule has 11 rings (SSSR count). The molecule has 2 aliphatic rings.